The van der Waals surface area contributed by atoms with Gasteiger partial charge in [0.15, 0.2) is 0 Å². The molecule has 1 heterocycles. The number of hydrogen-bond acceptors (Lipinski definition) is 4. The smallest absolute Gasteiger partial charge is 0.275 e. The Morgan fingerprint density at radius 2 is 1.76 bits per heavy atom. The number of halogens is 2. The average molecular weight is 456 g/mol. The highest BCUT2D eigenvalue weighted by atomic mass is 19.1. The highest BCUT2D eigenvalue weighted by Crippen LogP contribution is 2.39. The fourth-order valence-corrected chi connectivity index (χ4v) is 4.56. The number of hydrogen-bond donors (Lipinski definition) is 1. The predicted molar refractivity (Wildman–Crippen MR) is 121 cm³/mol. The summed E-state index contributed by atoms with van der Waals surface area (Å²) in [6.07, 6.45) is 4.12. The summed E-state index contributed by atoms with van der Waals surface area (Å²) < 4.78 is 32.3. The molecule has 1 unspecified atom stereocenters. The Kier molecular flexibility index (Phi) is 6.56. The molecule has 1 saturated carbocycles. The number of methoxy groups -OCH3 is 1. The van der Waals surface area contributed by atoms with Crippen molar-refractivity contribution in [3.8, 4) is 0 Å². The zero-order valence-electron chi connectivity index (χ0n) is 18.7. The molecule has 1 N–H and O–H groups in total. The van der Waals surface area contributed by atoms with Gasteiger partial charge in [0.25, 0.3) is 5.91 Å². The lowest BCUT2D eigenvalue weighted by Gasteiger charge is -2.38. The Balaban J connectivity index is 1.57. The molecule has 174 valence electrons. The van der Waals surface area contributed by atoms with E-state index in [1.165, 1.54) is 4.90 Å². The van der Waals surface area contributed by atoms with Crippen molar-refractivity contribution in [2.24, 2.45) is 4.99 Å². The number of amides is 2. The first-order chi connectivity index (χ1) is 15.8. The first-order valence-electron chi connectivity index (χ1n) is 11.1. The van der Waals surface area contributed by atoms with Crippen LogP contribution in [0.3, 0.4) is 0 Å². The second-order valence-electron chi connectivity index (χ2n) is 8.60. The minimum atomic E-state index is -0.789. The van der Waals surface area contributed by atoms with Crippen molar-refractivity contribution >= 4 is 23.2 Å². The molecule has 33 heavy (non-hydrogen) atoms. The van der Waals surface area contributed by atoms with Crippen molar-refractivity contribution in [3.05, 3.63) is 65.2 Å². The number of rotatable bonds is 6. The van der Waals surface area contributed by atoms with Crippen LogP contribution in [0.1, 0.15) is 56.3 Å². The van der Waals surface area contributed by atoms with Crippen molar-refractivity contribution in [2.45, 2.75) is 50.8 Å². The van der Waals surface area contributed by atoms with E-state index in [4.69, 9.17) is 9.73 Å². The second kappa shape index (κ2) is 9.39. The average Bonchev–Trinajstić information content (AvgIpc) is 3.04. The summed E-state index contributed by atoms with van der Waals surface area (Å²) in [5.74, 6) is -2.42. The maximum Gasteiger partial charge on any atom is 0.275 e. The van der Waals surface area contributed by atoms with Gasteiger partial charge in [0.1, 0.15) is 29.6 Å². The van der Waals surface area contributed by atoms with Crippen LogP contribution in [0, 0.1) is 11.6 Å². The van der Waals surface area contributed by atoms with Gasteiger partial charge >= 0.3 is 0 Å². The molecule has 1 aliphatic heterocycles. The van der Waals surface area contributed by atoms with E-state index in [0.29, 0.717) is 24.1 Å². The summed E-state index contributed by atoms with van der Waals surface area (Å²) in [7, 11) is 1.64. The van der Waals surface area contributed by atoms with Crippen LogP contribution in [0.5, 0.6) is 0 Å². The van der Waals surface area contributed by atoms with Crippen LogP contribution in [0.25, 0.3) is 0 Å². The molecule has 0 bridgehead atoms. The van der Waals surface area contributed by atoms with E-state index in [-0.39, 0.29) is 24.2 Å². The molecular formula is C25H27F2N3O3. The minimum absolute atomic E-state index is 0.00540. The molecule has 2 aromatic rings. The molecule has 0 saturated heterocycles. The van der Waals surface area contributed by atoms with Gasteiger partial charge in [0.2, 0.25) is 5.91 Å². The first-order valence-corrected chi connectivity index (χ1v) is 11.1. The van der Waals surface area contributed by atoms with Crippen LogP contribution in [-0.4, -0.2) is 41.7 Å². The molecule has 1 spiro atoms. The maximum absolute atomic E-state index is 13.5. The SMILES string of the molecule is COC(C)c1ccc(C2=NC3(CCCCC3)N(CC(=O)Nc3cc(F)cc(F)c3)C2=O)cc1. The number of benzene rings is 2. The third kappa shape index (κ3) is 4.80. The fourth-order valence-electron chi connectivity index (χ4n) is 4.56. The largest absolute Gasteiger partial charge is 0.377 e. The summed E-state index contributed by atoms with van der Waals surface area (Å²) in [6, 6.07) is 10.3. The van der Waals surface area contributed by atoms with Crippen LogP contribution < -0.4 is 5.32 Å². The molecule has 4 rings (SSSR count). The van der Waals surface area contributed by atoms with Gasteiger partial charge in [0.05, 0.1) is 6.10 Å². The van der Waals surface area contributed by atoms with Gasteiger partial charge < -0.3 is 15.0 Å². The Hall–Kier alpha value is -3.13. The number of aliphatic imine (C=N–C) groups is 1. The van der Waals surface area contributed by atoms with Gasteiger partial charge in [-0.1, -0.05) is 30.7 Å². The van der Waals surface area contributed by atoms with Gasteiger partial charge in [-0.3, -0.25) is 14.6 Å². The number of anilines is 1. The summed E-state index contributed by atoms with van der Waals surface area (Å²) >= 11 is 0. The van der Waals surface area contributed by atoms with Crippen molar-refractivity contribution in [1.29, 1.82) is 0 Å². The predicted octanol–water partition coefficient (Wildman–Crippen LogP) is 4.60. The molecule has 0 radical (unpaired) electrons. The summed E-state index contributed by atoms with van der Waals surface area (Å²) in [6.45, 7) is 1.69. The Morgan fingerprint density at radius 3 is 2.36 bits per heavy atom. The van der Waals surface area contributed by atoms with E-state index in [0.717, 1.165) is 43.0 Å². The highest BCUT2D eigenvalue weighted by molar-refractivity contribution is 6.47. The van der Waals surface area contributed by atoms with Crippen LogP contribution in [0.15, 0.2) is 47.5 Å². The van der Waals surface area contributed by atoms with Crippen molar-refractivity contribution in [2.75, 3.05) is 19.0 Å². The fraction of sp³-hybridized carbons (Fsp3) is 0.400. The monoisotopic (exact) mass is 455 g/mol. The van der Waals surface area contributed by atoms with Gasteiger partial charge in [-0.15, -0.1) is 0 Å². The second-order valence-corrected chi connectivity index (χ2v) is 8.60. The van der Waals surface area contributed by atoms with Crippen LogP contribution in [0.4, 0.5) is 14.5 Å². The topological polar surface area (TPSA) is 71.0 Å². The molecule has 1 atom stereocenters. The normalized spacial score (nSPS) is 18.4. The van der Waals surface area contributed by atoms with Gasteiger partial charge in [-0.2, -0.15) is 0 Å². The summed E-state index contributed by atoms with van der Waals surface area (Å²) in [4.78, 5) is 32.5. The van der Waals surface area contributed by atoms with Gasteiger partial charge in [-0.05, 0) is 50.3 Å². The zero-order chi connectivity index (χ0) is 23.6. The lowest BCUT2D eigenvalue weighted by Crippen LogP contribution is -2.51. The summed E-state index contributed by atoms with van der Waals surface area (Å²) in [5, 5.41) is 2.50. The minimum Gasteiger partial charge on any atom is -0.377 e. The third-order valence-corrected chi connectivity index (χ3v) is 6.38. The lowest BCUT2D eigenvalue weighted by atomic mass is 9.88. The molecule has 8 heteroatoms. The molecule has 6 nitrogen and oxygen atoms in total. The quantitative estimate of drug-likeness (QED) is 0.692. The van der Waals surface area contributed by atoms with Crippen LogP contribution in [-0.2, 0) is 14.3 Å². The van der Waals surface area contributed by atoms with E-state index in [1.54, 1.807) is 7.11 Å². The molecule has 2 amide bonds. The zero-order valence-corrected chi connectivity index (χ0v) is 18.7. The Bertz CT molecular complexity index is 1060. The standard InChI is InChI=1S/C25H27F2N3O3/c1-16(33-2)17-6-8-18(9-7-17)23-24(32)30(25(29-23)10-4-3-5-11-25)15-22(31)28-21-13-19(26)12-20(27)14-21/h6-9,12-14,16H,3-5,10-11,15H2,1-2H3,(H,28,31). The molecule has 1 aliphatic carbocycles. The summed E-state index contributed by atoms with van der Waals surface area (Å²) in [5.41, 5.74) is 1.24. The van der Waals surface area contributed by atoms with E-state index < -0.39 is 23.2 Å². The lowest BCUT2D eigenvalue weighted by molar-refractivity contribution is -0.134. The maximum atomic E-state index is 13.5. The Morgan fingerprint density at radius 1 is 1.12 bits per heavy atom. The first kappa shape index (κ1) is 23.0. The van der Waals surface area contributed by atoms with Crippen molar-refractivity contribution in [3.63, 3.8) is 0 Å². The number of nitrogens with one attached hydrogen (secondary N) is 1. The number of ether oxygens (including phenoxy) is 1. The van der Waals surface area contributed by atoms with E-state index in [2.05, 4.69) is 5.32 Å². The van der Waals surface area contributed by atoms with E-state index >= 15 is 0 Å². The number of carbonyl (C=O) groups is 2. The Labute approximate surface area is 191 Å². The number of nitrogens with zero attached hydrogens (tertiary/aromatic N) is 2. The van der Waals surface area contributed by atoms with E-state index in [1.807, 2.05) is 31.2 Å². The number of carbonyl (C=O) groups excluding carboxylic acids is 2. The van der Waals surface area contributed by atoms with Crippen LogP contribution in [0.2, 0.25) is 0 Å². The van der Waals surface area contributed by atoms with E-state index in [9.17, 15) is 18.4 Å². The van der Waals surface area contributed by atoms with Crippen LogP contribution >= 0.6 is 0 Å². The molecule has 0 aromatic heterocycles. The molecular weight excluding hydrogens is 428 g/mol. The van der Waals surface area contributed by atoms with Gasteiger partial charge in [-0.25, -0.2) is 8.78 Å². The van der Waals surface area contributed by atoms with Gasteiger partial charge in [0, 0.05) is 24.4 Å². The molecule has 2 aliphatic rings. The third-order valence-electron chi connectivity index (χ3n) is 6.38. The van der Waals surface area contributed by atoms with Crippen molar-refractivity contribution in [1.82, 2.24) is 4.90 Å². The highest BCUT2D eigenvalue weighted by Gasteiger charge is 2.48. The molecule has 1 fully saturated rings. The molecule has 2 aromatic carbocycles. The van der Waals surface area contributed by atoms with Crippen molar-refractivity contribution < 1.29 is 23.1 Å².